The summed E-state index contributed by atoms with van der Waals surface area (Å²) in [5, 5.41) is 9.97. The van der Waals surface area contributed by atoms with Gasteiger partial charge in [0.2, 0.25) is 0 Å². The average molecular weight is 336 g/mol. The van der Waals surface area contributed by atoms with Crippen molar-refractivity contribution in [3.8, 4) is 0 Å². The number of aromatic nitrogens is 1. The summed E-state index contributed by atoms with van der Waals surface area (Å²) < 4.78 is 45.3. The first-order chi connectivity index (χ1) is 10.8. The highest BCUT2D eigenvalue weighted by atomic mass is 19.4. The summed E-state index contributed by atoms with van der Waals surface area (Å²) in [6.07, 6.45) is -3.84. The highest BCUT2D eigenvalue weighted by molar-refractivity contribution is 5.79. The molecule has 1 rings (SSSR count). The molecule has 1 aromatic rings. The van der Waals surface area contributed by atoms with Crippen LogP contribution in [-0.2, 0) is 11.3 Å². The SMILES string of the molecule is CN=C(NCCCOCC(F)(F)F)NCc1cc(C(C)C)no1. The second-order valence-corrected chi connectivity index (χ2v) is 5.25. The van der Waals surface area contributed by atoms with Gasteiger partial charge in [-0.25, -0.2) is 0 Å². The lowest BCUT2D eigenvalue weighted by Crippen LogP contribution is -2.37. The van der Waals surface area contributed by atoms with Gasteiger partial charge < -0.3 is 19.9 Å². The second-order valence-electron chi connectivity index (χ2n) is 5.25. The molecule has 1 aromatic heterocycles. The molecule has 132 valence electrons. The second kappa shape index (κ2) is 9.39. The molecule has 0 spiro atoms. The summed E-state index contributed by atoms with van der Waals surface area (Å²) in [5.41, 5.74) is 0.881. The van der Waals surface area contributed by atoms with E-state index in [9.17, 15) is 13.2 Å². The van der Waals surface area contributed by atoms with E-state index in [1.807, 2.05) is 19.9 Å². The maximum absolute atomic E-state index is 11.9. The Kier molecular flexibility index (Phi) is 7.87. The van der Waals surface area contributed by atoms with Crippen LogP contribution in [0.5, 0.6) is 0 Å². The molecule has 0 saturated carbocycles. The molecule has 0 fully saturated rings. The summed E-state index contributed by atoms with van der Waals surface area (Å²) in [7, 11) is 1.61. The number of halogens is 3. The predicted molar refractivity (Wildman–Crippen MR) is 80.3 cm³/mol. The van der Waals surface area contributed by atoms with Crippen molar-refractivity contribution in [3.05, 3.63) is 17.5 Å². The molecule has 23 heavy (non-hydrogen) atoms. The largest absolute Gasteiger partial charge is 0.411 e. The number of rotatable bonds is 8. The van der Waals surface area contributed by atoms with E-state index in [0.717, 1.165) is 5.69 Å². The van der Waals surface area contributed by atoms with Crippen molar-refractivity contribution in [1.29, 1.82) is 0 Å². The molecule has 0 aromatic carbocycles. The number of alkyl halides is 3. The number of hydrogen-bond acceptors (Lipinski definition) is 4. The Bertz CT molecular complexity index is 487. The van der Waals surface area contributed by atoms with Gasteiger partial charge in [0.1, 0.15) is 6.61 Å². The van der Waals surface area contributed by atoms with E-state index < -0.39 is 12.8 Å². The molecule has 9 heteroatoms. The van der Waals surface area contributed by atoms with Crippen LogP contribution < -0.4 is 10.6 Å². The van der Waals surface area contributed by atoms with Crippen LogP contribution in [0.3, 0.4) is 0 Å². The lowest BCUT2D eigenvalue weighted by atomic mass is 10.1. The zero-order chi connectivity index (χ0) is 17.3. The van der Waals surface area contributed by atoms with Gasteiger partial charge in [-0.1, -0.05) is 19.0 Å². The van der Waals surface area contributed by atoms with Crippen molar-refractivity contribution in [2.75, 3.05) is 26.8 Å². The minimum absolute atomic E-state index is 0.0311. The van der Waals surface area contributed by atoms with Crippen LogP contribution in [0.2, 0.25) is 0 Å². The molecule has 1 heterocycles. The Hall–Kier alpha value is -1.77. The maximum Gasteiger partial charge on any atom is 0.411 e. The van der Waals surface area contributed by atoms with Crippen molar-refractivity contribution in [2.24, 2.45) is 4.99 Å². The number of hydrogen-bond donors (Lipinski definition) is 2. The molecule has 0 aliphatic heterocycles. The smallest absolute Gasteiger partial charge is 0.372 e. The summed E-state index contributed by atoms with van der Waals surface area (Å²) in [6.45, 7) is 3.73. The van der Waals surface area contributed by atoms with Crippen LogP contribution in [0.15, 0.2) is 15.6 Å². The van der Waals surface area contributed by atoms with E-state index in [4.69, 9.17) is 4.52 Å². The third-order valence-electron chi connectivity index (χ3n) is 2.85. The van der Waals surface area contributed by atoms with E-state index in [2.05, 4.69) is 25.5 Å². The molecule has 0 aliphatic carbocycles. The lowest BCUT2D eigenvalue weighted by Gasteiger charge is -2.11. The fraction of sp³-hybridized carbons (Fsp3) is 0.714. The number of guanidine groups is 1. The van der Waals surface area contributed by atoms with Gasteiger partial charge in [0.15, 0.2) is 11.7 Å². The number of aliphatic imine (C=N–C) groups is 1. The predicted octanol–water partition coefficient (Wildman–Crippen LogP) is 2.43. The molecule has 0 bridgehead atoms. The van der Waals surface area contributed by atoms with Gasteiger partial charge in [0.05, 0.1) is 12.2 Å². The van der Waals surface area contributed by atoms with Crippen LogP contribution >= 0.6 is 0 Å². The van der Waals surface area contributed by atoms with Crippen LogP contribution in [-0.4, -0.2) is 44.1 Å². The summed E-state index contributed by atoms with van der Waals surface area (Å²) >= 11 is 0. The standard InChI is InChI=1S/C14H23F3N4O2/c1-10(2)12-7-11(23-21-12)8-20-13(18-3)19-5-4-6-22-9-14(15,16)17/h7,10H,4-6,8-9H2,1-3H3,(H2,18,19,20). The van der Waals surface area contributed by atoms with Crippen LogP contribution in [0, 0.1) is 0 Å². The minimum Gasteiger partial charge on any atom is -0.372 e. The van der Waals surface area contributed by atoms with Crippen LogP contribution in [0.4, 0.5) is 13.2 Å². The third-order valence-corrected chi connectivity index (χ3v) is 2.85. The topological polar surface area (TPSA) is 71.7 Å². The summed E-state index contributed by atoms with van der Waals surface area (Å²) in [6, 6.07) is 1.87. The highest BCUT2D eigenvalue weighted by Gasteiger charge is 2.27. The first kappa shape index (κ1) is 19.3. The summed E-state index contributed by atoms with van der Waals surface area (Å²) in [4.78, 5) is 4.01. The van der Waals surface area contributed by atoms with Crippen molar-refractivity contribution in [1.82, 2.24) is 15.8 Å². The molecule has 0 atom stereocenters. The van der Waals surface area contributed by atoms with E-state index in [0.29, 0.717) is 37.1 Å². The van der Waals surface area contributed by atoms with Crippen molar-refractivity contribution in [3.63, 3.8) is 0 Å². The molecule has 0 unspecified atom stereocenters. The van der Waals surface area contributed by atoms with Crippen molar-refractivity contribution < 1.29 is 22.4 Å². The average Bonchev–Trinajstić information content (AvgIpc) is 2.93. The van der Waals surface area contributed by atoms with Crippen molar-refractivity contribution in [2.45, 2.75) is 38.9 Å². The van der Waals surface area contributed by atoms with E-state index in [1.54, 1.807) is 7.05 Å². The maximum atomic E-state index is 11.9. The van der Waals surface area contributed by atoms with Gasteiger partial charge in [0.25, 0.3) is 0 Å². The first-order valence-corrected chi connectivity index (χ1v) is 7.36. The first-order valence-electron chi connectivity index (χ1n) is 7.36. The Morgan fingerprint density at radius 1 is 1.39 bits per heavy atom. The third kappa shape index (κ3) is 8.44. The molecule has 0 saturated heterocycles. The van der Waals surface area contributed by atoms with Crippen molar-refractivity contribution >= 4 is 5.96 Å². The molecule has 0 amide bonds. The molecular formula is C14H23F3N4O2. The Morgan fingerprint density at radius 3 is 2.70 bits per heavy atom. The van der Waals surface area contributed by atoms with Crippen LogP contribution in [0.1, 0.15) is 37.6 Å². The highest BCUT2D eigenvalue weighted by Crippen LogP contribution is 2.14. The van der Waals surface area contributed by atoms with Gasteiger partial charge in [0, 0.05) is 26.3 Å². The van der Waals surface area contributed by atoms with Gasteiger partial charge in [-0.3, -0.25) is 4.99 Å². The zero-order valence-electron chi connectivity index (χ0n) is 13.5. The molecule has 2 N–H and O–H groups in total. The fourth-order valence-corrected chi connectivity index (χ4v) is 1.64. The van der Waals surface area contributed by atoms with Gasteiger partial charge >= 0.3 is 6.18 Å². The normalized spacial score (nSPS) is 12.7. The Balaban J connectivity index is 2.19. The summed E-state index contributed by atoms with van der Waals surface area (Å²) in [5.74, 6) is 1.51. The monoisotopic (exact) mass is 336 g/mol. The van der Waals surface area contributed by atoms with E-state index in [-0.39, 0.29) is 6.61 Å². The minimum atomic E-state index is -4.28. The molecule has 0 radical (unpaired) electrons. The van der Waals surface area contributed by atoms with Gasteiger partial charge in [-0.05, 0) is 12.3 Å². The number of nitrogens with one attached hydrogen (secondary N) is 2. The number of ether oxygens (including phenoxy) is 1. The van der Waals surface area contributed by atoms with E-state index in [1.165, 1.54) is 0 Å². The molecule has 6 nitrogen and oxygen atoms in total. The Labute approximate surface area is 133 Å². The van der Waals surface area contributed by atoms with Crippen LogP contribution in [0.25, 0.3) is 0 Å². The van der Waals surface area contributed by atoms with Gasteiger partial charge in [-0.2, -0.15) is 13.2 Å². The van der Waals surface area contributed by atoms with E-state index >= 15 is 0 Å². The quantitative estimate of drug-likeness (QED) is 0.433. The van der Waals surface area contributed by atoms with Gasteiger partial charge in [-0.15, -0.1) is 0 Å². The zero-order valence-corrected chi connectivity index (χ0v) is 13.5. The molecule has 0 aliphatic rings. The fourth-order valence-electron chi connectivity index (χ4n) is 1.64. The number of nitrogens with zero attached hydrogens (tertiary/aromatic N) is 2. The Morgan fingerprint density at radius 2 is 2.13 bits per heavy atom. The molecular weight excluding hydrogens is 313 g/mol. The lowest BCUT2D eigenvalue weighted by molar-refractivity contribution is -0.173.